The van der Waals surface area contributed by atoms with E-state index in [9.17, 15) is 13.2 Å². The molecule has 0 aliphatic rings. The van der Waals surface area contributed by atoms with Crippen LogP contribution in [0.5, 0.6) is 0 Å². The predicted molar refractivity (Wildman–Crippen MR) is 66.0 cm³/mol. The van der Waals surface area contributed by atoms with Crippen molar-refractivity contribution < 1.29 is 18.3 Å². The molecular formula is C9H12ClNO4S2. The van der Waals surface area contributed by atoms with E-state index in [-0.39, 0.29) is 10.6 Å². The maximum absolute atomic E-state index is 11.9. The first-order valence-corrected chi connectivity index (χ1v) is 7.31. The van der Waals surface area contributed by atoms with Gasteiger partial charge in [-0.05, 0) is 26.0 Å². The molecule has 96 valence electrons. The summed E-state index contributed by atoms with van der Waals surface area (Å²) in [6.45, 7) is 3.02. The molecule has 0 atom stereocenters. The smallest absolute Gasteiger partial charge is 0.305 e. The molecule has 0 aromatic carbocycles. The van der Waals surface area contributed by atoms with E-state index in [0.29, 0.717) is 4.34 Å². The summed E-state index contributed by atoms with van der Waals surface area (Å²) in [6, 6.07) is 2.86. The van der Waals surface area contributed by atoms with Crippen LogP contribution in [0.4, 0.5) is 0 Å². The second-order valence-corrected chi connectivity index (χ2v) is 7.74. The van der Waals surface area contributed by atoms with Gasteiger partial charge in [0, 0.05) is 5.54 Å². The third-order valence-electron chi connectivity index (χ3n) is 1.82. The summed E-state index contributed by atoms with van der Waals surface area (Å²) in [7, 11) is -3.72. The van der Waals surface area contributed by atoms with Crippen LogP contribution in [0.3, 0.4) is 0 Å². The first-order valence-electron chi connectivity index (χ1n) is 4.63. The zero-order valence-corrected chi connectivity index (χ0v) is 11.6. The highest BCUT2D eigenvalue weighted by atomic mass is 35.5. The van der Waals surface area contributed by atoms with Gasteiger partial charge in [0.15, 0.2) is 0 Å². The van der Waals surface area contributed by atoms with E-state index in [4.69, 9.17) is 16.7 Å². The van der Waals surface area contributed by atoms with Crippen LogP contribution in [0.15, 0.2) is 16.3 Å². The number of thiophene rings is 1. The lowest BCUT2D eigenvalue weighted by atomic mass is 10.0. The van der Waals surface area contributed by atoms with E-state index in [1.165, 1.54) is 26.0 Å². The molecule has 17 heavy (non-hydrogen) atoms. The second-order valence-electron chi connectivity index (χ2n) is 4.12. The summed E-state index contributed by atoms with van der Waals surface area (Å²) in [4.78, 5) is 10.6. The van der Waals surface area contributed by atoms with Crippen LogP contribution in [0.2, 0.25) is 4.34 Å². The van der Waals surface area contributed by atoms with Crippen LogP contribution in [0.1, 0.15) is 20.3 Å². The molecule has 1 rings (SSSR count). The lowest BCUT2D eigenvalue weighted by molar-refractivity contribution is -0.138. The molecule has 0 aliphatic heterocycles. The van der Waals surface area contributed by atoms with Crippen molar-refractivity contribution in [1.82, 2.24) is 4.72 Å². The number of sulfonamides is 1. The molecule has 0 amide bonds. The summed E-state index contributed by atoms with van der Waals surface area (Å²) in [5, 5.41) is 8.67. The first-order chi connectivity index (χ1) is 7.62. The quantitative estimate of drug-likeness (QED) is 0.870. The van der Waals surface area contributed by atoms with Crippen LogP contribution in [-0.4, -0.2) is 25.0 Å². The van der Waals surface area contributed by atoms with Crippen molar-refractivity contribution in [1.29, 1.82) is 0 Å². The molecule has 8 heteroatoms. The molecule has 0 radical (unpaired) electrons. The molecule has 1 aromatic rings. The maximum atomic E-state index is 11.9. The van der Waals surface area contributed by atoms with Gasteiger partial charge in [-0.15, -0.1) is 11.3 Å². The van der Waals surface area contributed by atoms with Gasteiger partial charge in [-0.25, -0.2) is 13.1 Å². The number of carboxylic acid groups (broad SMARTS) is 1. The Bertz CT molecular complexity index is 521. The van der Waals surface area contributed by atoms with Crippen LogP contribution in [0.25, 0.3) is 0 Å². The Morgan fingerprint density at radius 3 is 2.53 bits per heavy atom. The fraction of sp³-hybridized carbons (Fsp3) is 0.444. The monoisotopic (exact) mass is 297 g/mol. The van der Waals surface area contributed by atoms with Gasteiger partial charge in [-0.1, -0.05) is 11.6 Å². The van der Waals surface area contributed by atoms with Crippen molar-refractivity contribution in [2.75, 3.05) is 0 Å². The van der Waals surface area contributed by atoms with Crippen molar-refractivity contribution in [2.24, 2.45) is 0 Å². The molecule has 0 aliphatic carbocycles. The van der Waals surface area contributed by atoms with E-state index >= 15 is 0 Å². The highest BCUT2D eigenvalue weighted by Gasteiger charge is 2.29. The molecule has 2 N–H and O–H groups in total. The number of carbonyl (C=O) groups is 1. The van der Waals surface area contributed by atoms with Crippen molar-refractivity contribution in [3.8, 4) is 0 Å². The largest absolute Gasteiger partial charge is 0.481 e. The van der Waals surface area contributed by atoms with Crippen molar-refractivity contribution in [2.45, 2.75) is 30.0 Å². The number of rotatable bonds is 5. The lowest BCUT2D eigenvalue weighted by Crippen LogP contribution is -2.44. The average molecular weight is 298 g/mol. The number of hydrogen-bond donors (Lipinski definition) is 2. The summed E-state index contributed by atoms with van der Waals surface area (Å²) in [6.07, 6.45) is -0.300. The van der Waals surface area contributed by atoms with Crippen LogP contribution in [0, 0.1) is 0 Å². The third-order valence-corrected chi connectivity index (χ3v) is 5.24. The summed E-state index contributed by atoms with van der Waals surface area (Å²) < 4.78 is 26.6. The SMILES string of the molecule is CC(C)(CC(=O)O)NS(=O)(=O)c1ccc(Cl)s1. The number of aliphatic carboxylic acids is 1. The van der Waals surface area contributed by atoms with Crippen molar-refractivity contribution in [3.05, 3.63) is 16.5 Å². The Labute approximate surface area is 108 Å². The topological polar surface area (TPSA) is 83.5 Å². The van der Waals surface area contributed by atoms with Gasteiger partial charge in [0.05, 0.1) is 10.8 Å². The summed E-state index contributed by atoms with van der Waals surface area (Å²) in [5.41, 5.74) is -1.05. The minimum Gasteiger partial charge on any atom is -0.481 e. The van der Waals surface area contributed by atoms with E-state index < -0.39 is 21.5 Å². The molecule has 5 nitrogen and oxygen atoms in total. The van der Waals surface area contributed by atoms with Crippen LogP contribution >= 0.6 is 22.9 Å². The number of carboxylic acids is 1. The number of nitrogens with one attached hydrogen (secondary N) is 1. The van der Waals surface area contributed by atoms with Gasteiger partial charge in [0.1, 0.15) is 4.21 Å². The minimum absolute atomic E-state index is 0.0703. The van der Waals surface area contributed by atoms with E-state index in [0.717, 1.165) is 11.3 Å². The Hall–Kier alpha value is -0.630. The zero-order valence-electron chi connectivity index (χ0n) is 9.23. The molecule has 0 bridgehead atoms. The Kier molecular flexibility index (Phi) is 4.19. The minimum atomic E-state index is -3.72. The summed E-state index contributed by atoms with van der Waals surface area (Å²) in [5.74, 6) is -1.07. The number of halogens is 1. The van der Waals surface area contributed by atoms with Gasteiger partial charge in [-0.2, -0.15) is 0 Å². The van der Waals surface area contributed by atoms with Gasteiger partial charge >= 0.3 is 5.97 Å². The second kappa shape index (κ2) is 4.93. The summed E-state index contributed by atoms with van der Waals surface area (Å²) >= 11 is 6.58. The van der Waals surface area contributed by atoms with Crippen molar-refractivity contribution >= 4 is 38.9 Å². The Morgan fingerprint density at radius 1 is 1.53 bits per heavy atom. The first kappa shape index (κ1) is 14.4. The lowest BCUT2D eigenvalue weighted by Gasteiger charge is -2.23. The zero-order chi connectivity index (χ0) is 13.3. The standard InChI is InChI=1S/C9H12ClNO4S2/c1-9(2,5-7(12)13)11-17(14,15)8-4-3-6(10)16-8/h3-4,11H,5H2,1-2H3,(H,12,13). The Morgan fingerprint density at radius 2 is 2.12 bits per heavy atom. The molecule has 0 unspecified atom stereocenters. The van der Waals surface area contributed by atoms with Crippen molar-refractivity contribution in [3.63, 3.8) is 0 Å². The van der Waals surface area contributed by atoms with E-state index in [1.807, 2.05) is 0 Å². The number of hydrogen-bond acceptors (Lipinski definition) is 4. The molecule has 0 saturated carbocycles. The molecule has 1 aromatic heterocycles. The normalized spacial score (nSPS) is 12.6. The molecule has 0 saturated heterocycles. The molecule has 0 fully saturated rings. The predicted octanol–water partition coefficient (Wildman–Crippen LogP) is 1.93. The fourth-order valence-electron chi connectivity index (χ4n) is 1.27. The van der Waals surface area contributed by atoms with Gasteiger partial charge in [0.2, 0.25) is 0 Å². The Balaban J connectivity index is 2.90. The van der Waals surface area contributed by atoms with Gasteiger partial charge in [0.25, 0.3) is 10.0 Å². The van der Waals surface area contributed by atoms with Crippen LogP contribution < -0.4 is 4.72 Å². The molecule has 0 spiro atoms. The molecule has 1 heterocycles. The van der Waals surface area contributed by atoms with Crippen LogP contribution in [-0.2, 0) is 14.8 Å². The van der Waals surface area contributed by atoms with E-state index in [1.54, 1.807) is 0 Å². The highest BCUT2D eigenvalue weighted by molar-refractivity contribution is 7.91. The van der Waals surface area contributed by atoms with Gasteiger partial charge in [-0.3, -0.25) is 4.79 Å². The molecular weight excluding hydrogens is 286 g/mol. The maximum Gasteiger partial charge on any atom is 0.305 e. The highest BCUT2D eigenvalue weighted by Crippen LogP contribution is 2.26. The van der Waals surface area contributed by atoms with E-state index in [2.05, 4.69) is 4.72 Å². The fourth-order valence-corrected chi connectivity index (χ4v) is 4.16. The average Bonchev–Trinajstić information content (AvgIpc) is 2.46. The van der Waals surface area contributed by atoms with Gasteiger partial charge < -0.3 is 5.11 Å². The third kappa shape index (κ3) is 4.27.